The second-order valence-corrected chi connectivity index (χ2v) is 4.60. The monoisotopic (exact) mass is 261 g/mol. The zero-order valence-electron chi connectivity index (χ0n) is 11.5. The van der Waals surface area contributed by atoms with Gasteiger partial charge in [0.05, 0.1) is 13.2 Å². The largest absolute Gasteiger partial charge is 0.497 e. The fraction of sp³-hybridized carbons (Fsp3) is 0.429. The standard InChI is InChI=1S/C14H19N3O2/c1-4-9(2)12(15)14-16-13(17-19-14)10-6-5-7-11(8-10)18-3/h5-9,12H,4,15H2,1-3H3/t9?,12-/m0/s1. The first-order valence-electron chi connectivity index (χ1n) is 6.39. The first-order valence-corrected chi connectivity index (χ1v) is 6.39. The van der Waals surface area contributed by atoms with E-state index in [-0.39, 0.29) is 6.04 Å². The topological polar surface area (TPSA) is 74.2 Å². The second kappa shape index (κ2) is 5.84. The fourth-order valence-electron chi connectivity index (χ4n) is 1.75. The highest BCUT2D eigenvalue weighted by Crippen LogP contribution is 2.25. The van der Waals surface area contributed by atoms with Gasteiger partial charge in [0.15, 0.2) is 0 Å². The molecule has 5 heteroatoms. The highest BCUT2D eigenvalue weighted by atomic mass is 16.5. The number of rotatable bonds is 5. The van der Waals surface area contributed by atoms with Gasteiger partial charge in [-0.15, -0.1) is 0 Å². The second-order valence-electron chi connectivity index (χ2n) is 4.60. The van der Waals surface area contributed by atoms with Gasteiger partial charge in [0.2, 0.25) is 11.7 Å². The molecular weight excluding hydrogens is 242 g/mol. The molecule has 0 fully saturated rings. The maximum absolute atomic E-state index is 6.08. The van der Waals surface area contributed by atoms with Crippen LogP contribution >= 0.6 is 0 Å². The van der Waals surface area contributed by atoms with Crippen LogP contribution in [0.3, 0.4) is 0 Å². The van der Waals surface area contributed by atoms with Crippen molar-refractivity contribution in [2.24, 2.45) is 11.7 Å². The molecule has 0 saturated heterocycles. The molecule has 0 aliphatic carbocycles. The van der Waals surface area contributed by atoms with Gasteiger partial charge in [0.25, 0.3) is 0 Å². The number of aromatic nitrogens is 2. The van der Waals surface area contributed by atoms with Crippen LogP contribution in [0.1, 0.15) is 32.2 Å². The number of nitrogens with two attached hydrogens (primary N) is 1. The van der Waals surface area contributed by atoms with E-state index in [1.807, 2.05) is 24.3 Å². The van der Waals surface area contributed by atoms with Gasteiger partial charge in [-0.2, -0.15) is 4.98 Å². The third-order valence-corrected chi connectivity index (χ3v) is 3.31. The molecule has 0 spiro atoms. The van der Waals surface area contributed by atoms with Gasteiger partial charge in [-0.25, -0.2) is 0 Å². The van der Waals surface area contributed by atoms with Crippen LogP contribution in [-0.4, -0.2) is 17.3 Å². The molecule has 1 heterocycles. The molecule has 102 valence electrons. The van der Waals surface area contributed by atoms with Crippen LogP contribution in [-0.2, 0) is 0 Å². The maximum atomic E-state index is 6.08. The highest BCUT2D eigenvalue weighted by molar-refractivity contribution is 5.56. The van der Waals surface area contributed by atoms with Gasteiger partial charge >= 0.3 is 0 Å². The molecule has 1 aromatic carbocycles. The lowest BCUT2D eigenvalue weighted by Gasteiger charge is -2.12. The predicted octanol–water partition coefficient (Wildman–Crippen LogP) is 2.79. The summed E-state index contributed by atoms with van der Waals surface area (Å²) in [5, 5.41) is 3.98. The average molecular weight is 261 g/mol. The number of nitrogens with zero attached hydrogens (tertiary/aromatic N) is 2. The summed E-state index contributed by atoms with van der Waals surface area (Å²) in [4.78, 5) is 4.37. The summed E-state index contributed by atoms with van der Waals surface area (Å²) in [6.07, 6.45) is 0.970. The van der Waals surface area contributed by atoms with E-state index in [0.29, 0.717) is 17.6 Å². The third-order valence-electron chi connectivity index (χ3n) is 3.31. The molecule has 5 nitrogen and oxygen atoms in total. The Morgan fingerprint density at radius 2 is 2.21 bits per heavy atom. The Balaban J connectivity index is 2.25. The summed E-state index contributed by atoms with van der Waals surface area (Å²) < 4.78 is 10.4. The number of ether oxygens (including phenoxy) is 1. The van der Waals surface area contributed by atoms with E-state index in [1.165, 1.54) is 0 Å². The van der Waals surface area contributed by atoms with Gasteiger partial charge in [-0.05, 0) is 18.1 Å². The van der Waals surface area contributed by atoms with Crippen LogP contribution in [0.15, 0.2) is 28.8 Å². The molecule has 0 bridgehead atoms. The van der Waals surface area contributed by atoms with E-state index >= 15 is 0 Å². The lowest BCUT2D eigenvalue weighted by Crippen LogP contribution is -2.18. The molecule has 0 aliphatic rings. The minimum atomic E-state index is -0.225. The summed E-state index contributed by atoms with van der Waals surface area (Å²) in [5.41, 5.74) is 6.93. The molecule has 2 atom stereocenters. The predicted molar refractivity (Wildman–Crippen MR) is 72.7 cm³/mol. The molecule has 19 heavy (non-hydrogen) atoms. The zero-order valence-corrected chi connectivity index (χ0v) is 11.5. The Morgan fingerprint density at radius 3 is 2.89 bits per heavy atom. The van der Waals surface area contributed by atoms with Crippen molar-refractivity contribution in [2.45, 2.75) is 26.3 Å². The van der Waals surface area contributed by atoms with Crippen molar-refractivity contribution in [3.05, 3.63) is 30.2 Å². The number of hydrogen-bond donors (Lipinski definition) is 1. The van der Waals surface area contributed by atoms with Crippen LogP contribution in [0.2, 0.25) is 0 Å². The lowest BCUT2D eigenvalue weighted by molar-refractivity contribution is 0.312. The van der Waals surface area contributed by atoms with Crippen molar-refractivity contribution >= 4 is 0 Å². The van der Waals surface area contributed by atoms with E-state index in [2.05, 4.69) is 24.0 Å². The summed E-state index contributed by atoms with van der Waals surface area (Å²) >= 11 is 0. The van der Waals surface area contributed by atoms with Crippen molar-refractivity contribution in [1.82, 2.24) is 10.1 Å². The van der Waals surface area contributed by atoms with Crippen molar-refractivity contribution in [1.29, 1.82) is 0 Å². The van der Waals surface area contributed by atoms with Gasteiger partial charge in [0, 0.05) is 5.56 Å². The Hall–Kier alpha value is -1.88. The molecule has 2 aromatic rings. The first-order chi connectivity index (χ1) is 9.15. The zero-order chi connectivity index (χ0) is 13.8. The van der Waals surface area contributed by atoms with Crippen LogP contribution in [0.5, 0.6) is 5.75 Å². The van der Waals surface area contributed by atoms with Gasteiger partial charge in [0.1, 0.15) is 5.75 Å². The Morgan fingerprint density at radius 1 is 1.42 bits per heavy atom. The van der Waals surface area contributed by atoms with E-state index in [0.717, 1.165) is 17.7 Å². The molecule has 2 rings (SSSR count). The van der Waals surface area contributed by atoms with E-state index in [1.54, 1.807) is 7.11 Å². The first kappa shape index (κ1) is 13.5. The van der Waals surface area contributed by atoms with Gasteiger partial charge in [-0.1, -0.05) is 37.6 Å². The van der Waals surface area contributed by atoms with Crippen molar-refractivity contribution < 1.29 is 9.26 Å². The van der Waals surface area contributed by atoms with Crippen LogP contribution in [0.25, 0.3) is 11.4 Å². The van der Waals surface area contributed by atoms with Gasteiger partial charge < -0.3 is 15.0 Å². The van der Waals surface area contributed by atoms with Crippen LogP contribution < -0.4 is 10.5 Å². The summed E-state index contributed by atoms with van der Waals surface area (Å²) in [5.74, 6) is 2.08. The van der Waals surface area contributed by atoms with Crippen molar-refractivity contribution in [2.75, 3.05) is 7.11 Å². The molecule has 1 unspecified atom stereocenters. The van der Waals surface area contributed by atoms with E-state index in [9.17, 15) is 0 Å². The van der Waals surface area contributed by atoms with Gasteiger partial charge in [-0.3, -0.25) is 0 Å². The van der Waals surface area contributed by atoms with E-state index in [4.69, 9.17) is 15.0 Å². The highest BCUT2D eigenvalue weighted by Gasteiger charge is 2.20. The fourth-order valence-corrected chi connectivity index (χ4v) is 1.75. The summed E-state index contributed by atoms with van der Waals surface area (Å²) in [7, 11) is 1.62. The SMILES string of the molecule is CCC(C)[C@H](N)c1nc(-c2cccc(OC)c2)no1. The normalized spacial score (nSPS) is 14.1. The lowest BCUT2D eigenvalue weighted by atomic mass is 10.0. The Labute approximate surface area is 112 Å². The molecular formula is C14H19N3O2. The number of benzene rings is 1. The molecule has 0 saturated carbocycles. The summed E-state index contributed by atoms with van der Waals surface area (Å²) in [6.45, 7) is 4.16. The van der Waals surface area contributed by atoms with E-state index < -0.39 is 0 Å². The molecule has 1 aromatic heterocycles. The molecule has 0 amide bonds. The summed E-state index contributed by atoms with van der Waals surface area (Å²) in [6, 6.07) is 7.31. The maximum Gasteiger partial charge on any atom is 0.244 e. The molecule has 0 aliphatic heterocycles. The average Bonchev–Trinajstić information content (AvgIpc) is 2.95. The Bertz CT molecular complexity index is 539. The third kappa shape index (κ3) is 2.93. The smallest absolute Gasteiger partial charge is 0.244 e. The number of hydrogen-bond acceptors (Lipinski definition) is 5. The quantitative estimate of drug-likeness (QED) is 0.895. The van der Waals surface area contributed by atoms with Crippen LogP contribution in [0, 0.1) is 5.92 Å². The minimum absolute atomic E-state index is 0.225. The van der Waals surface area contributed by atoms with Crippen molar-refractivity contribution in [3.8, 4) is 17.1 Å². The molecule has 2 N–H and O–H groups in total. The minimum Gasteiger partial charge on any atom is -0.497 e. The van der Waals surface area contributed by atoms with Crippen molar-refractivity contribution in [3.63, 3.8) is 0 Å². The molecule has 0 radical (unpaired) electrons. The number of methoxy groups -OCH3 is 1. The Kier molecular flexibility index (Phi) is 4.16. The van der Waals surface area contributed by atoms with Crippen LogP contribution in [0.4, 0.5) is 0 Å².